The van der Waals surface area contributed by atoms with Gasteiger partial charge in [-0.05, 0) is 74.8 Å². The van der Waals surface area contributed by atoms with E-state index in [-0.39, 0.29) is 0 Å². The zero-order chi connectivity index (χ0) is 37.2. The molecule has 0 saturated heterocycles. The number of hydrogen-bond donors (Lipinski definition) is 0. The fourth-order valence-corrected chi connectivity index (χ4v) is 11.4. The third-order valence-electron chi connectivity index (χ3n) is 11.5. The Hall–Kier alpha value is -6.99. The quantitative estimate of drug-likeness (QED) is 0.180. The van der Waals surface area contributed by atoms with Gasteiger partial charge in [-0.2, -0.15) is 0 Å². The Balaban J connectivity index is 1.14. The summed E-state index contributed by atoms with van der Waals surface area (Å²) in [7, 11) is 0. The third-order valence-corrected chi connectivity index (χ3v) is 13.9. The van der Waals surface area contributed by atoms with Crippen molar-refractivity contribution in [3.05, 3.63) is 164 Å². The number of aromatic nitrogens is 3. The van der Waals surface area contributed by atoms with Crippen molar-refractivity contribution >= 4 is 117 Å². The first-order valence-electron chi connectivity index (χ1n) is 19.0. The molecule has 0 fully saturated rings. The average Bonchev–Trinajstić information content (AvgIpc) is 3.98. The molecule has 0 unspecified atom stereocenters. The predicted molar refractivity (Wildman–Crippen MR) is 242 cm³/mol. The van der Waals surface area contributed by atoms with Crippen molar-refractivity contribution in [1.29, 1.82) is 0 Å². The van der Waals surface area contributed by atoms with E-state index >= 15 is 0 Å². The monoisotopic (exact) mass is 761 g/mol. The fraction of sp³-hybridized carbons (Fsp3) is 0. The number of nitrogens with zero attached hydrogens (tertiary/aromatic N) is 3. The summed E-state index contributed by atoms with van der Waals surface area (Å²) in [4.78, 5) is 16.3. The minimum Gasteiger partial charge on any atom is -0.456 e. The van der Waals surface area contributed by atoms with Gasteiger partial charge >= 0.3 is 0 Å². The Morgan fingerprint density at radius 1 is 0.351 bits per heavy atom. The van der Waals surface area contributed by atoms with Gasteiger partial charge < -0.3 is 4.42 Å². The molecule has 4 nitrogen and oxygen atoms in total. The molecule has 0 aliphatic carbocycles. The molecule has 0 radical (unpaired) electrons. The minimum absolute atomic E-state index is 0.601. The zero-order valence-corrected chi connectivity index (χ0v) is 31.8. The van der Waals surface area contributed by atoms with Crippen LogP contribution in [0.2, 0.25) is 0 Å². The van der Waals surface area contributed by atoms with Crippen LogP contribution in [0.5, 0.6) is 0 Å². The van der Waals surface area contributed by atoms with E-state index in [1.807, 2.05) is 22.7 Å². The normalized spacial score (nSPS) is 12.2. The molecule has 4 heterocycles. The van der Waals surface area contributed by atoms with Gasteiger partial charge in [-0.25, -0.2) is 15.0 Å². The second kappa shape index (κ2) is 11.8. The van der Waals surface area contributed by atoms with Crippen LogP contribution in [0, 0.1) is 0 Å². The van der Waals surface area contributed by atoms with Crippen molar-refractivity contribution in [3.8, 4) is 34.2 Å². The van der Waals surface area contributed by atoms with Gasteiger partial charge in [0.1, 0.15) is 11.2 Å². The highest BCUT2D eigenvalue weighted by Crippen LogP contribution is 2.46. The van der Waals surface area contributed by atoms with Crippen LogP contribution in [0.3, 0.4) is 0 Å². The summed E-state index contributed by atoms with van der Waals surface area (Å²) in [6.45, 7) is 0. The molecule has 0 spiro atoms. The molecule has 13 rings (SSSR count). The Kier molecular flexibility index (Phi) is 6.45. The first-order chi connectivity index (χ1) is 28.2. The number of furan rings is 1. The molecule has 9 aromatic carbocycles. The largest absolute Gasteiger partial charge is 0.456 e. The predicted octanol–water partition coefficient (Wildman–Crippen LogP) is 15.0. The standard InChI is InChI=1S/C51H27N3OS2/c1-4-14-32-28(11-1)22-24-40-44(32)35-23-21-31(27-41(35)55-40)49-52-50(38-25-29-12-2-5-15-33(29)47-45(38)36-17-7-9-19-42(36)56-47)54-51(53-49)39-26-30-13-3-6-16-34(30)48-46(39)37-18-8-10-20-43(37)57-48/h1-27H. The lowest BCUT2D eigenvalue weighted by Crippen LogP contribution is -2.01. The lowest BCUT2D eigenvalue weighted by molar-refractivity contribution is 0.669. The Morgan fingerprint density at radius 2 is 0.860 bits per heavy atom. The molecule has 0 N–H and O–H groups in total. The van der Waals surface area contributed by atoms with Crippen molar-refractivity contribution in [2.45, 2.75) is 0 Å². The van der Waals surface area contributed by atoms with Gasteiger partial charge in [0.25, 0.3) is 0 Å². The van der Waals surface area contributed by atoms with Gasteiger partial charge in [0.05, 0.1) is 0 Å². The highest BCUT2D eigenvalue weighted by atomic mass is 32.1. The van der Waals surface area contributed by atoms with E-state index in [4.69, 9.17) is 19.4 Å². The van der Waals surface area contributed by atoms with Gasteiger partial charge in [-0.15, -0.1) is 22.7 Å². The summed E-state index contributed by atoms with van der Waals surface area (Å²) in [6.07, 6.45) is 0. The van der Waals surface area contributed by atoms with Crippen LogP contribution < -0.4 is 0 Å². The summed E-state index contributed by atoms with van der Waals surface area (Å²) < 4.78 is 11.5. The van der Waals surface area contributed by atoms with E-state index < -0.39 is 0 Å². The van der Waals surface area contributed by atoms with Crippen LogP contribution in [0.25, 0.3) is 129 Å². The van der Waals surface area contributed by atoms with E-state index in [1.54, 1.807) is 0 Å². The van der Waals surface area contributed by atoms with E-state index in [0.29, 0.717) is 17.5 Å². The number of hydrogen-bond acceptors (Lipinski definition) is 6. The molecule has 0 saturated carbocycles. The number of thiophene rings is 2. The fourth-order valence-electron chi connectivity index (χ4n) is 8.90. The van der Waals surface area contributed by atoms with Crippen LogP contribution in [0.4, 0.5) is 0 Å². The summed E-state index contributed by atoms with van der Waals surface area (Å²) in [5.41, 5.74) is 4.53. The highest BCUT2D eigenvalue weighted by molar-refractivity contribution is 7.27. The zero-order valence-electron chi connectivity index (χ0n) is 30.2. The molecule has 264 valence electrons. The molecule has 0 atom stereocenters. The van der Waals surface area contributed by atoms with Gasteiger partial charge in [-0.1, -0.05) is 121 Å². The smallest absolute Gasteiger partial charge is 0.164 e. The van der Waals surface area contributed by atoms with E-state index in [2.05, 4.69) is 164 Å². The van der Waals surface area contributed by atoms with Crippen LogP contribution in [0.15, 0.2) is 168 Å². The third kappa shape index (κ3) is 4.57. The van der Waals surface area contributed by atoms with E-state index in [0.717, 1.165) is 49.4 Å². The Morgan fingerprint density at radius 3 is 1.47 bits per heavy atom. The average molecular weight is 762 g/mol. The molecule has 0 aliphatic heterocycles. The second-order valence-electron chi connectivity index (χ2n) is 14.7. The molecular weight excluding hydrogens is 735 g/mol. The number of rotatable bonds is 3. The van der Waals surface area contributed by atoms with Crippen molar-refractivity contribution < 1.29 is 4.42 Å². The number of benzene rings is 9. The Bertz CT molecular complexity index is 3660. The molecule has 0 aliphatic rings. The maximum Gasteiger partial charge on any atom is 0.164 e. The van der Waals surface area contributed by atoms with Crippen LogP contribution in [-0.2, 0) is 0 Å². The highest BCUT2D eigenvalue weighted by Gasteiger charge is 2.22. The van der Waals surface area contributed by atoms with Gasteiger partial charge in [0, 0.05) is 67.8 Å². The summed E-state index contributed by atoms with van der Waals surface area (Å²) in [5.74, 6) is 1.89. The molecule has 13 aromatic rings. The lowest BCUT2D eigenvalue weighted by atomic mass is 9.98. The molecule has 0 amide bonds. The van der Waals surface area contributed by atoms with Gasteiger partial charge in [0.2, 0.25) is 0 Å². The van der Waals surface area contributed by atoms with Crippen LogP contribution >= 0.6 is 22.7 Å². The summed E-state index contributed by atoms with van der Waals surface area (Å²) >= 11 is 3.66. The molecule has 4 aromatic heterocycles. The number of fused-ring (bicyclic) bond motifs is 15. The van der Waals surface area contributed by atoms with Gasteiger partial charge in [-0.3, -0.25) is 0 Å². The van der Waals surface area contributed by atoms with Crippen LogP contribution in [-0.4, -0.2) is 15.0 Å². The Labute approximate surface area is 332 Å². The second-order valence-corrected chi connectivity index (χ2v) is 16.8. The summed E-state index contributed by atoms with van der Waals surface area (Å²) in [6, 6.07) is 58.2. The minimum atomic E-state index is 0.601. The SMILES string of the molecule is c1ccc2c(c1)cc(-c1nc(-c3ccc4c(c3)oc3ccc5ccccc5c34)nc(-c3cc4ccccc4c4sc5ccccc5c34)n1)c1c3ccccc3sc21. The topological polar surface area (TPSA) is 51.8 Å². The lowest BCUT2D eigenvalue weighted by Gasteiger charge is -2.13. The van der Waals surface area contributed by atoms with Crippen molar-refractivity contribution in [2.75, 3.05) is 0 Å². The maximum atomic E-state index is 6.57. The molecular formula is C51H27N3OS2. The summed E-state index contributed by atoms with van der Waals surface area (Å²) in [5, 5.41) is 14.1. The van der Waals surface area contributed by atoms with Crippen molar-refractivity contribution in [1.82, 2.24) is 15.0 Å². The molecule has 0 bridgehead atoms. The first kappa shape index (κ1) is 31.2. The maximum absolute atomic E-state index is 6.57. The van der Waals surface area contributed by atoms with Crippen molar-refractivity contribution in [3.63, 3.8) is 0 Å². The molecule has 6 heteroatoms. The first-order valence-corrected chi connectivity index (χ1v) is 20.6. The van der Waals surface area contributed by atoms with E-state index in [1.165, 1.54) is 61.9 Å². The van der Waals surface area contributed by atoms with E-state index in [9.17, 15) is 0 Å². The van der Waals surface area contributed by atoms with Crippen molar-refractivity contribution in [2.24, 2.45) is 0 Å². The molecule has 57 heavy (non-hydrogen) atoms. The van der Waals surface area contributed by atoms with Crippen LogP contribution in [0.1, 0.15) is 0 Å². The van der Waals surface area contributed by atoms with Gasteiger partial charge in [0.15, 0.2) is 17.5 Å².